The minimum Gasteiger partial charge on any atom is -0.492 e. The molecule has 0 aliphatic carbocycles. The van der Waals surface area contributed by atoms with Crippen molar-refractivity contribution >= 4 is 0 Å². The maximum absolute atomic E-state index is 12.4. The summed E-state index contributed by atoms with van der Waals surface area (Å²) in [6.07, 6.45) is 1.95. The highest BCUT2D eigenvalue weighted by molar-refractivity contribution is 5.16. The highest BCUT2D eigenvalue weighted by Gasteiger charge is 2.16. The zero-order chi connectivity index (χ0) is 11.3. The number of hydrogen-bond donors (Lipinski definition) is 0. The molecule has 0 saturated carbocycles. The van der Waals surface area contributed by atoms with E-state index in [4.69, 9.17) is 10.00 Å². The number of rotatable bonds is 4. The van der Waals surface area contributed by atoms with Gasteiger partial charge in [-0.25, -0.2) is 4.98 Å². The maximum atomic E-state index is 12.4. The van der Waals surface area contributed by atoms with Crippen LogP contribution in [0, 0.1) is 22.7 Å². The van der Waals surface area contributed by atoms with Gasteiger partial charge in [-0.2, -0.15) is 9.65 Å². The Balaban J connectivity index is 2.39. The second-order valence-electron chi connectivity index (χ2n) is 3.91. The standard InChI is InChI=1S/C11H13FN2O/c1-11(2,8-13)5-6-15-9-3-4-10(12)14-7-9/h3-4,7H,5-6H2,1-2H3. The van der Waals surface area contributed by atoms with Crippen molar-refractivity contribution in [1.82, 2.24) is 4.98 Å². The van der Waals surface area contributed by atoms with Crippen molar-refractivity contribution in [3.05, 3.63) is 24.3 Å². The molecule has 0 unspecified atom stereocenters. The van der Waals surface area contributed by atoms with Crippen LogP contribution in [-0.4, -0.2) is 11.6 Å². The monoisotopic (exact) mass is 208 g/mol. The van der Waals surface area contributed by atoms with Crippen LogP contribution >= 0.6 is 0 Å². The first-order valence-corrected chi connectivity index (χ1v) is 4.69. The first-order chi connectivity index (χ1) is 7.03. The molecule has 4 heteroatoms. The summed E-state index contributed by atoms with van der Waals surface area (Å²) in [4.78, 5) is 3.46. The third kappa shape index (κ3) is 3.94. The molecular formula is C11H13FN2O. The summed E-state index contributed by atoms with van der Waals surface area (Å²) in [5.41, 5.74) is -0.395. The second-order valence-corrected chi connectivity index (χ2v) is 3.91. The molecule has 0 atom stereocenters. The van der Waals surface area contributed by atoms with Crippen LogP contribution < -0.4 is 4.74 Å². The fourth-order valence-electron chi connectivity index (χ4n) is 0.928. The normalized spacial score (nSPS) is 10.8. The second kappa shape index (κ2) is 4.74. The fraction of sp³-hybridized carbons (Fsp3) is 0.455. The third-order valence-corrected chi connectivity index (χ3v) is 2.00. The molecule has 3 nitrogen and oxygen atoms in total. The Morgan fingerprint density at radius 2 is 2.27 bits per heavy atom. The van der Waals surface area contributed by atoms with E-state index >= 15 is 0 Å². The summed E-state index contributed by atoms with van der Waals surface area (Å²) >= 11 is 0. The van der Waals surface area contributed by atoms with Gasteiger partial charge in [0.1, 0.15) is 5.75 Å². The lowest BCUT2D eigenvalue weighted by molar-refractivity contribution is 0.263. The van der Waals surface area contributed by atoms with E-state index in [0.717, 1.165) is 0 Å². The average molecular weight is 208 g/mol. The van der Waals surface area contributed by atoms with E-state index < -0.39 is 11.4 Å². The van der Waals surface area contributed by atoms with Crippen LogP contribution in [0.4, 0.5) is 4.39 Å². The van der Waals surface area contributed by atoms with Gasteiger partial charge in [0.05, 0.1) is 24.3 Å². The van der Waals surface area contributed by atoms with Gasteiger partial charge < -0.3 is 4.74 Å². The van der Waals surface area contributed by atoms with Crippen LogP contribution in [0.2, 0.25) is 0 Å². The molecular weight excluding hydrogens is 195 g/mol. The Hall–Kier alpha value is -1.63. The summed E-state index contributed by atoms with van der Waals surface area (Å²) in [7, 11) is 0. The maximum Gasteiger partial charge on any atom is 0.213 e. The van der Waals surface area contributed by atoms with E-state index in [2.05, 4.69) is 11.1 Å². The van der Waals surface area contributed by atoms with Crippen molar-refractivity contribution in [2.75, 3.05) is 6.61 Å². The minimum absolute atomic E-state index is 0.395. The van der Waals surface area contributed by atoms with Gasteiger partial charge in [0.25, 0.3) is 0 Å². The van der Waals surface area contributed by atoms with E-state index in [1.54, 1.807) is 0 Å². The molecule has 0 fully saturated rings. The van der Waals surface area contributed by atoms with Crippen LogP contribution in [0.3, 0.4) is 0 Å². The quantitative estimate of drug-likeness (QED) is 0.714. The van der Waals surface area contributed by atoms with E-state index in [1.165, 1.54) is 18.3 Å². The molecule has 0 saturated heterocycles. The predicted molar refractivity (Wildman–Crippen MR) is 53.7 cm³/mol. The number of hydrogen-bond acceptors (Lipinski definition) is 3. The number of nitriles is 1. The van der Waals surface area contributed by atoms with E-state index in [0.29, 0.717) is 18.8 Å². The lowest BCUT2D eigenvalue weighted by Crippen LogP contribution is -2.13. The average Bonchev–Trinajstić information content (AvgIpc) is 2.21. The molecule has 80 valence electrons. The Labute approximate surface area is 88.5 Å². The Kier molecular flexibility index (Phi) is 3.62. The van der Waals surface area contributed by atoms with E-state index in [1.807, 2.05) is 13.8 Å². The molecule has 0 radical (unpaired) electrons. The lowest BCUT2D eigenvalue weighted by Gasteiger charge is -2.14. The van der Waals surface area contributed by atoms with Crippen molar-refractivity contribution < 1.29 is 9.13 Å². The highest BCUT2D eigenvalue weighted by Crippen LogP contribution is 2.19. The van der Waals surface area contributed by atoms with E-state index in [9.17, 15) is 4.39 Å². The molecule has 1 aromatic heterocycles. The van der Waals surface area contributed by atoms with Crippen molar-refractivity contribution in [3.63, 3.8) is 0 Å². The van der Waals surface area contributed by atoms with Gasteiger partial charge in [0, 0.05) is 0 Å². The van der Waals surface area contributed by atoms with Crippen molar-refractivity contribution in [1.29, 1.82) is 5.26 Å². The Morgan fingerprint density at radius 1 is 1.53 bits per heavy atom. The SMILES string of the molecule is CC(C)(C#N)CCOc1ccc(F)nc1. The Morgan fingerprint density at radius 3 is 2.80 bits per heavy atom. The fourth-order valence-corrected chi connectivity index (χ4v) is 0.928. The van der Waals surface area contributed by atoms with Gasteiger partial charge in [0.15, 0.2) is 0 Å². The zero-order valence-electron chi connectivity index (χ0n) is 8.83. The number of pyridine rings is 1. The molecule has 1 rings (SSSR count). The van der Waals surface area contributed by atoms with Gasteiger partial charge in [0.2, 0.25) is 5.95 Å². The zero-order valence-corrected chi connectivity index (χ0v) is 8.83. The van der Waals surface area contributed by atoms with Crippen molar-refractivity contribution in [3.8, 4) is 11.8 Å². The summed E-state index contributed by atoms with van der Waals surface area (Å²) < 4.78 is 17.8. The van der Waals surface area contributed by atoms with Crippen molar-refractivity contribution in [2.45, 2.75) is 20.3 Å². The van der Waals surface area contributed by atoms with Crippen LogP contribution in [0.5, 0.6) is 5.75 Å². The smallest absolute Gasteiger partial charge is 0.213 e. The Bertz CT molecular complexity index is 354. The van der Waals surface area contributed by atoms with Crippen LogP contribution in [0.1, 0.15) is 20.3 Å². The number of halogens is 1. The molecule has 1 heterocycles. The topological polar surface area (TPSA) is 45.9 Å². The predicted octanol–water partition coefficient (Wildman–Crippen LogP) is 2.54. The summed E-state index contributed by atoms with van der Waals surface area (Å²) in [5, 5.41) is 8.76. The first kappa shape index (κ1) is 11.4. The van der Waals surface area contributed by atoms with Crippen LogP contribution in [0.25, 0.3) is 0 Å². The van der Waals surface area contributed by atoms with Gasteiger partial charge in [-0.3, -0.25) is 0 Å². The lowest BCUT2D eigenvalue weighted by atomic mass is 9.92. The summed E-state index contributed by atoms with van der Waals surface area (Å²) in [6, 6.07) is 4.94. The van der Waals surface area contributed by atoms with Gasteiger partial charge >= 0.3 is 0 Å². The number of ether oxygens (including phenoxy) is 1. The summed E-state index contributed by atoms with van der Waals surface area (Å²) in [5.74, 6) is -0.00940. The number of nitrogens with zero attached hydrogens (tertiary/aromatic N) is 2. The molecule has 0 amide bonds. The first-order valence-electron chi connectivity index (χ1n) is 4.69. The largest absolute Gasteiger partial charge is 0.492 e. The van der Waals surface area contributed by atoms with Gasteiger partial charge in [-0.15, -0.1) is 0 Å². The van der Waals surface area contributed by atoms with Crippen LogP contribution in [-0.2, 0) is 0 Å². The molecule has 15 heavy (non-hydrogen) atoms. The van der Waals surface area contributed by atoms with Gasteiger partial charge in [-0.1, -0.05) is 0 Å². The highest BCUT2D eigenvalue weighted by atomic mass is 19.1. The molecule has 0 aromatic carbocycles. The van der Waals surface area contributed by atoms with Gasteiger partial charge in [-0.05, 0) is 32.4 Å². The molecule has 0 bridgehead atoms. The third-order valence-electron chi connectivity index (χ3n) is 2.00. The van der Waals surface area contributed by atoms with Crippen LogP contribution in [0.15, 0.2) is 18.3 Å². The summed E-state index contributed by atoms with van der Waals surface area (Å²) in [6.45, 7) is 4.12. The number of aromatic nitrogens is 1. The molecule has 0 aliphatic heterocycles. The molecule has 0 aliphatic rings. The minimum atomic E-state index is -0.528. The molecule has 0 N–H and O–H groups in total. The van der Waals surface area contributed by atoms with E-state index in [-0.39, 0.29) is 0 Å². The molecule has 1 aromatic rings. The van der Waals surface area contributed by atoms with Crippen molar-refractivity contribution in [2.24, 2.45) is 5.41 Å². The molecule has 0 spiro atoms.